The Morgan fingerprint density at radius 1 is 1.27 bits per heavy atom. The fourth-order valence-corrected chi connectivity index (χ4v) is 4.41. The van der Waals surface area contributed by atoms with Gasteiger partial charge in [-0.15, -0.1) is 0 Å². The van der Waals surface area contributed by atoms with E-state index in [2.05, 4.69) is 32.6 Å². The van der Waals surface area contributed by atoms with E-state index in [1.807, 2.05) is 30.3 Å². The lowest BCUT2D eigenvalue weighted by Gasteiger charge is -2.44. The molecule has 0 radical (unpaired) electrons. The Labute approximate surface area is 133 Å². The Balaban J connectivity index is 1.96. The van der Waals surface area contributed by atoms with Crippen LogP contribution in [0.2, 0.25) is 0 Å². The Morgan fingerprint density at radius 3 is 2.50 bits per heavy atom. The largest absolute Gasteiger partial charge is 0.446 e. The maximum atomic E-state index is 11.7. The predicted molar refractivity (Wildman–Crippen MR) is 87.0 cm³/mol. The van der Waals surface area contributed by atoms with Crippen LogP contribution in [0.4, 0.5) is 0 Å². The van der Waals surface area contributed by atoms with Crippen molar-refractivity contribution in [3.8, 4) is 11.8 Å². The summed E-state index contributed by atoms with van der Waals surface area (Å²) in [6.45, 7) is 8.45. The van der Waals surface area contributed by atoms with Gasteiger partial charge in [-0.25, -0.2) is 0 Å². The molecule has 1 aromatic carbocycles. The zero-order chi connectivity index (χ0) is 16.0. The average Bonchev–Trinajstić information content (AvgIpc) is 2.94. The zero-order valence-corrected chi connectivity index (χ0v) is 13.8. The van der Waals surface area contributed by atoms with Crippen LogP contribution >= 0.6 is 0 Å². The molecule has 0 spiro atoms. The number of rotatable bonds is 1. The van der Waals surface area contributed by atoms with E-state index in [9.17, 15) is 4.79 Å². The van der Waals surface area contributed by atoms with E-state index in [1.165, 1.54) is 6.92 Å². The first-order chi connectivity index (χ1) is 10.3. The van der Waals surface area contributed by atoms with Crippen molar-refractivity contribution in [2.24, 2.45) is 23.2 Å². The van der Waals surface area contributed by atoms with E-state index in [0.29, 0.717) is 23.2 Å². The van der Waals surface area contributed by atoms with E-state index in [0.717, 1.165) is 18.4 Å². The van der Waals surface area contributed by atoms with Gasteiger partial charge in [-0.2, -0.15) is 0 Å². The molecule has 0 aliphatic heterocycles. The highest BCUT2D eigenvalue weighted by atomic mass is 16.6. The fourth-order valence-electron chi connectivity index (χ4n) is 4.41. The number of benzene rings is 1. The monoisotopic (exact) mass is 296 g/mol. The van der Waals surface area contributed by atoms with Gasteiger partial charge in [-0.3, -0.25) is 4.79 Å². The number of fused-ring (bicyclic) bond motifs is 2. The molecular formula is C20H24O2. The summed E-state index contributed by atoms with van der Waals surface area (Å²) in [7, 11) is 0. The highest BCUT2D eigenvalue weighted by molar-refractivity contribution is 5.67. The molecule has 0 saturated heterocycles. The molecule has 0 amide bonds. The second-order valence-electron chi connectivity index (χ2n) is 7.45. The lowest BCUT2D eigenvalue weighted by molar-refractivity contribution is -0.160. The first-order valence-electron chi connectivity index (χ1n) is 8.13. The summed E-state index contributed by atoms with van der Waals surface area (Å²) in [5.41, 5.74) is 0.688. The van der Waals surface area contributed by atoms with Crippen LogP contribution in [0.15, 0.2) is 30.3 Å². The second-order valence-corrected chi connectivity index (χ2v) is 7.45. The molecule has 0 N–H and O–H groups in total. The van der Waals surface area contributed by atoms with Crippen molar-refractivity contribution >= 4 is 5.97 Å². The minimum absolute atomic E-state index is 0.222. The molecule has 1 aromatic rings. The Bertz CT molecular complexity index is 631. The summed E-state index contributed by atoms with van der Waals surface area (Å²) < 4.78 is 5.81. The van der Waals surface area contributed by atoms with E-state index >= 15 is 0 Å². The molecule has 2 fully saturated rings. The molecule has 22 heavy (non-hydrogen) atoms. The smallest absolute Gasteiger partial charge is 0.304 e. The van der Waals surface area contributed by atoms with Crippen LogP contribution in [-0.4, -0.2) is 11.6 Å². The first kappa shape index (κ1) is 15.2. The minimum atomic E-state index is -0.596. The van der Waals surface area contributed by atoms with E-state index in [1.54, 1.807) is 0 Å². The number of hydrogen-bond acceptors (Lipinski definition) is 2. The molecular weight excluding hydrogens is 272 g/mol. The van der Waals surface area contributed by atoms with Crippen LogP contribution in [0, 0.1) is 35.0 Å². The number of carbonyl (C=O) groups excluding carboxylic acids is 1. The van der Waals surface area contributed by atoms with Crippen molar-refractivity contribution in [1.82, 2.24) is 0 Å². The lowest BCUT2D eigenvalue weighted by Crippen LogP contribution is -2.47. The van der Waals surface area contributed by atoms with Crippen molar-refractivity contribution in [1.29, 1.82) is 0 Å². The van der Waals surface area contributed by atoms with Crippen molar-refractivity contribution in [2.75, 3.05) is 0 Å². The van der Waals surface area contributed by atoms with Gasteiger partial charge in [-0.1, -0.05) is 44.9 Å². The van der Waals surface area contributed by atoms with Crippen LogP contribution < -0.4 is 0 Å². The minimum Gasteiger partial charge on any atom is -0.446 e. The second kappa shape index (κ2) is 5.16. The summed E-state index contributed by atoms with van der Waals surface area (Å²) in [4.78, 5) is 11.7. The van der Waals surface area contributed by atoms with Gasteiger partial charge in [0.25, 0.3) is 0 Å². The fraction of sp³-hybridized carbons (Fsp3) is 0.550. The van der Waals surface area contributed by atoms with Gasteiger partial charge in [0, 0.05) is 24.8 Å². The molecule has 2 bridgehead atoms. The summed E-state index contributed by atoms with van der Waals surface area (Å²) >= 11 is 0. The Morgan fingerprint density at radius 2 is 1.95 bits per heavy atom. The van der Waals surface area contributed by atoms with Crippen LogP contribution in [0.5, 0.6) is 0 Å². The molecule has 2 aliphatic rings. The third-order valence-electron chi connectivity index (χ3n) is 6.03. The van der Waals surface area contributed by atoms with E-state index in [-0.39, 0.29) is 5.97 Å². The molecule has 2 aliphatic carbocycles. The Hall–Kier alpha value is -1.75. The molecule has 0 heterocycles. The molecule has 0 aromatic heterocycles. The summed E-state index contributed by atoms with van der Waals surface area (Å²) in [6, 6.07) is 9.93. The van der Waals surface area contributed by atoms with Gasteiger partial charge in [0.05, 0.1) is 0 Å². The van der Waals surface area contributed by atoms with Crippen molar-refractivity contribution in [3.63, 3.8) is 0 Å². The molecule has 116 valence electrons. The van der Waals surface area contributed by atoms with Crippen LogP contribution in [0.25, 0.3) is 0 Å². The number of carbonyl (C=O) groups is 1. The van der Waals surface area contributed by atoms with Gasteiger partial charge in [0.2, 0.25) is 0 Å². The Kier molecular flexibility index (Phi) is 3.56. The molecule has 2 saturated carbocycles. The molecule has 4 unspecified atom stereocenters. The van der Waals surface area contributed by atoms with Gasteiger partial charge < -0.3 is 4.74 Å². The third kappa shape index (κ3) is 2.33. The standard InChI is InChI=1S/C20H24O2/c1-14-18-12-17(19(14,3)4)13-20(18,22-15(2)21)11-10-16-8-6-5-7-9-16/h5-9,14,17-18H,12-13H2,1-4H3. The quantitative estimate of drug-likeness (QED) is 0.577. The van der Waals surface area contributed by atoms with Crippen molar-refractivity contribution in [3.05, 3.63) is 35.9 Å². The molecule has 2 nitrogen and oxygen atoms in total. The molecule has 2 heteroatoms. The van der Waals surface area contributed by atoms with Crippen LogP contribution in [0.3, 0.4) is 0 Å². The van der Waals surface area contributed by atoms with Crippen molar-refractivity contribution < 1.29 is 9.53 Å². The number of hydrogen-bond donors (Lipinski definition) is 0. The maximum Gasteiger partial charge on any atom is 0.304 e. The maximum absolute atomic E-state index is 11.7. The van der Waals surface area contributed by atoms with Gasteiger partial charge in [0.1, 0.15) is 0 Å². The average molecular weight is 296 g/mol. The zero-order valence-electron chi connectivity index (χ0n) is 13.8. The summed E-state index contributed by atoms with van der Waals surface area (Å²) in [5.74, 6) is 7.80. The molecule has 4 atom stereocenters. The highest BCUT2D eigenvalue weighted by Crippen LogP contribution is 2.63. The summed E-state index contributed by atoms with van der Waals surface area (Å²) in [6.07, 6.45) is 1.99. The summed E-state index contributed by atoms with van der Waals surface area (Å²) in [5, 5.41) is 0. The number of esters is 1. The highest BCUT2D eigenvalue weighted by Gasteiger charge is 2.63. The van der Waals surface area contributed by atoms with E-state index < -0.39 is 5.60 Å². The first-order valence-corrected chi connectivity index (χ1v) is 8.13. The van der Waals surface area contributed by atoms with Crippen molar-refractivity contribution in [2.45, 2.75) is 46.1 Å². The predicted octanol–water partition coefficient (Wildman–Crippen LogP) is 4.04. The molecule has 3 rings (SSSR count). The van der Waals surface area contributed by atoms with Gasteiger partial charge in [0.15, 0.2) is 5.60 Å². The topological polar surface area (TPSA) is 26.3 Å². The normalized spacial score (nSPS) is 34.8. The SMILES string of the molecule is CC(=O)OC1(C#Cc2ccccc2)CC2CC1C(C)C2(C)C. The lowest BCUT2D eigenvalue weighted by atomic mass is 9.64. The van der Waals surface area contributed by atoms with Crippen LogP contribution in [0.1, 0.15) is 46.1 Å². The third-order valence-corrected chi connectivity index (χ3v) is 6.03. The van der Waals surface area contributed by atoms with E-state index in [4.69, 9.17) is 4.74 Å². The van der Waals surface area contributed by atoms with Gasteiger partial charge >= 0.3 is 5.97 Å². The number of ether oxygens (including phenoxy) is 1. The van der Waals surface area contributed by atoms with Gasteiger partial charge in [-0.05, 0) is 41.7 Å². The van der Waals surface area contributed by atoms with Crippen LogP contribution in [-0.2, 0) is 9.53 Å².